The minimum atomic E-state index is -4.00. The predicted molar refractivity (Wildman–Crippen MR) is 110 cm³/mol. The monoisotopic (exact) mass is 399 g/mol. The van der Waals surface area contributed by atoms with E-state index in [1.165, 1.54) is 18.2 Å². The fourth-order valence-corrected chi connectivity index (χ4v) is 2.79. The molecule has 0 aromatic heterocycles. The average molecular weight is 400 g/mol. The first-order chi connectivity index (χ1) is 21.2. The van der Waals surface area contributed by atoms with Gasteiger partial charge in [-0.2, -0.15) is 0 Å². The third kappa shape index (κ3) is 3.93. The van der Waals surface area contributed by atoms with Gasteiger partial charge in [0.05, 0.1) is 22.3 Å². The number of Topliss-reactive ketones (excluding diaryl/α,β-unsaturated/α-hetero) is 1. The van der Waals surface area contributed by atoms with Gasteiger partial charge in [0.1, 0.15) is 0 Å². The number of nitrogens with zero attached hydrogens (tertiary/aromatic N) is 1. The van der Waals surface area contributed by atoms with Crippen molar-refractivity contribution >= 4 is 5.78 Å². The van der Waals surface area contributed by atoms with Crippen LogP contribution in [0.1, 0.15) is 68.1 Å². The van der Waals surface area contributed by atoms with Crippen molar-refractivity contribution in [2.75, 3.05) is 27.1 Å². The molecule has 2 aromatic carbocycles. The largest absolute Gasteiger partial charge is 0.493 e. The summed E-state index contributed by atoms with van der Waals surface area (Å²) in [6.45, 7) is -11.1. The fourth-order valence-electron chi connectivity index (χ4n) is 2.79. The van der Waals surface area contributed by atoms with Crippen molar-refractivity contribution in [3.63, 3.8) is 0 Å². The summed E-state index contributed by atoms with van der Waals surface area (Å²) in [6, 6.07) is 7.46. The molecular formula is C24H29NO3. The summed E-state index contributed by atoms with van der Waals surface area (Å²) in [5.74, 6) is -10.7. The molecule has 0 radical (unpaired) electrons. The minimum Gasteiger partial charge on any atom is -0.493 e. The Morgan fingerprint density at radius 3 is 2.61 bits per heavy atom. The maximum Gasteiger partial charge on any atom is 0.166 e. The van der Waals surface area contributed by atoms with Crippen molar-refractivity contribution in [1.82, 2.24) is 4.90 Å². The second kappa shape index (κ2) is 8.36. The van der Waals surface area contributed by atoms with Crippen LogP contribution >= 0.6 is 0 Å². The third-order valence-corrected chi connectivity index (χ3v) is 4.11. The van der Waals surface area contributed by atoms with Crippen LogP contribution in [0.25, 0.3) is 0 Å². The lowest BCUT2D eigenvalue weighted by atomic mass is 9.85. The lowest BCUT2D eigenvalue weighted by molar-refractivity contribution is 0.0895. The number of benzene rings is 2. The molecular weight excluding hydrogens is 350 g/mol. The number of rotatable bonds is 6. The molecule has 0 amide bonds. The first-order valence-electron chi connectivity index (χ1n) is 18.2. The highest BCUT2D eigenvalue weighted by Crippen LogP contribution is 2.39. The van der Waals surface area contributed by atoms with E-state index in [9.17, 15) is 4.79 Å². The number of likely N-dealkylation sites (tertiary alicyclic amines) is 1. The number of hydrogen-bond acceptors (Lipinski definition) is 4. The molecule has 0 N–H and O–H groups in total. The molecule has 1 fully saturated rings. The van der Waals surface area contributed by atoms with Crippen molar-refractivity contribution in [3.8, 4) is 11.5 Å². The molecule has 0 bridgehead atoms. The van der Waals surface area contributed by atoms with Crippen LogP contribution in [0, 0.1) is 11.8 Å². The maximum atomic E-state index is 13.9. The maximum absolute atomic E-state index is 13.9. The second-order valence-corrected chi connectivity index (χ2v) is 5.92. The molecule has 1 aliphatic heterocycles. The Morgan fingerprint density at radius 2 is 1.89 bits per heavy atom. The highest BCUT2D eigenvalue weighted by molar-refractivity contribution is 6.02. The fraction of sp³-hybridized carbons (Fsp3) is 0.458. The highest BCUT2D eigenvalue weighted by atomic mass is 16.5. The summed E-state index contributed by atoms with van der Waals surface area (Å²) >= 11 is 0. The van der Waals surface area contributed by atoms with Gasteiger partial charge >= 0.3 is 0 Å². The minimum absolute atomic E-state index is 0.331. The summed E-state index contributed by atoms with van der Waals surface area (Å²) in [6.07, 6.45) is -13.2. The van der Waals surface area contributed by atoms with Crippen LogP contribution in [0.15, 0.2) is 42.5 Å². The van der Waals surface area contributed by atoms with Gasteiger partial charge in [-0.15, -0.1) is 0 Å². The van der Waals surface area contributed by atoms with E-state index in [0.29, 0.717) is 12.1 Å². The number of carbonyl (C=O) groups excluding carboxylic acids is 1. The van der Waals surface area contributed by atoms with E-state index in [0.717, 1.165) is 12.1 Å². The van der Waals surface area contributed by atoms with Crippen molar-refractivity contribution < 1.29 is 41.7 Å². The van der Waals surface area contributed by atoms with E-state index in [-0.39, 0.29) is 4.90 Å². The highest BCUT2D eigenvalue weighted by Gasteiger charge is 2.34. The van der Waals surface area contributed by atoms with E-state index in [2.05, 4.69) is 0 Å². The Balaban J connectivity index is 1.92. The van der Waals surface area contributed by atoms with Gasteiger partial charge in [0, 0.05) is 37.1 Å². The predicted octanol–water partition coefficient (Wildman–Crippen LogP) is 4.36. The molecule has 0 saturated carbocycles. The Kier molecular flexibility index (Phi) is 1.97. The average Bonchev–Trinajstić information content (AvgIpc) is 3.03. The summed E-state index contributed by atoms with van der Waals surface area (Å²) in [5.41, 5.74) is -2.02. The molecule has 4 nitrogen and oxygen atoms in total. The van der Waals surface area contributed by atoms with Gasteiger partial charge in [0.25, 0.3) is 0 Å². The quantitative estimate of drug-likeness (QED) is 0.723. The first kappa shape index (κ1) is 6.60. The molecule has 2 aliphatic rings. The Labute approximate surface area is 195 Å². The van der Waals surface area contributed by atoms with E-state index in [1.807, 2.05) is 0 Å². The van der Waals surface area contributed by atoms with Gasteiger partial charge in [-0.25, -0.2) is 0 Å². The molecule has 28 heavy (non-hydrogen) atoms. The number of fused-ring (bicyclic) bond motifs is 1. The lowest BCUT2D eigenvalue weighted by Crippen LogP contribution is -2.34. The second-order valence-electron chi connectivity index (χ2n) is 5.92. The number of methoxy groups -OCH3 is 2. The Hall–Kier alpha value is -2.33. The molecule has 2 aromatic rings. The Morgan fingerprint density at radius 1 is 1.18 bits per heavy atom. The molecule has 1 aliphatic carbocycles. The van der Waals surface area contributed by atoms with Gasteiger partial charge in [0.2, 0.25) is 0 Å². The van der Waals surface area contributed by atoms with Crippen molar-refractivity contribution in [2.45, 2.75) is 32.0 Å². The third-order valence-electron chi connectivity index (χ3n) is 4.11. The molecule has 1 heterocycles. The molecule has 0 spiro atoms. The van der Waals surface area contributed by atoms with Gasteiger partial charge in [0.15, 0.2) is 17.3 Å². The van der Waals surface area contributed by atoms with Gasteiger partial charge in [-0.3, -0.25) is 9.69 Å². The molecule has 4 heteroatoms. The van der Waals surface area contributed by atoms with Crippen molar-refractivity contribution in [3.05, 3.63) is 59.2 Å². The van der Waals surface area contributed by atoms with Crippen molar-refractivity contribution in [2.24, 2.45) is 11.8 Å². The number of carbonyl (C=O) groups is 1. The van der Waals surface area contributed by atoms with Gasteiger partial charge in [-0.05, 0) is 67.7 Å². The van der Waals surface area contributed by atoms with Crippen LogP contribution in [0.3, 0.4) is 0 Å². The standard InChI is InChI=1S/C24H29NO3/c1-27-22-14-19-13-20(24(26)21(19)15-23(22)28-2)12-17-8-10-25(11-9-17)16-18-6-4-3-5-7-18/h3-7,14-15,17,20H,8-13,16H2,1-2H3/i1D3,2D3,8D2,9D2,10D2,11D2,13D2,16D2,17D,20D. The SMILES string of the molecule is [2H]C([2H])([2H])Oc1cc2c(cc1OC([2H])([2H])[2H])C([2H])([2H])C([2H])(CC1([2H])C([2H])([2H])C([2H])([2H])N(C([2H])([2H])c3ccccc3)C([2H])([2H])C1([2H])[2H])C2=O. The summed E-state index contributed by atoms with van der Waals surface area (Å²) in [5, 5.41) is 0. The lowest BCUT2D eigenvalue weighted by Gasteiger charge is -2.32. The van der Waals surface area contributed by atoms with Crippen LogP contribution in [0.2, 0.25) is 0 Å². The number of piperidine rings is 1. The summed E-state index contributed by atoms with van der Waals surface area (Å²) < 4.78 is 177. The zero-order chi connectivity index (χ0) is 37.1. The van der Waals surface area contributed by atoms with E-state index >= 15 is 0 Å². The van der Waals surface area contributed by atoms with E-state index < -0.39 is 105 Å². The van der Waals surface area contributed by atoms with E-state index in [4.69, 9.17) is 36.9 Å². The van der Waals surface area contributed by atoms with Crippen molar-refractivity contribution in [1.29, 1.82) is 0 Å². The van der Waals surface area contributed by atoms with Gasteiger partial charge < -0.3 is 9.47 Å². The first-order valence-corrected chi connectivity index (χ1v) is 8.21. The zero-order valence-corrected chi connectivity index (χ0v) is 14.4. The summed E-state index contributed by atoms with van der Waals surface area (Å²) in [7, 11) is -6.52. The molecule has 1 saturated heterocycles. The smallest absolute Gasteiger partial charge is 0.166 e. The normalized spacial score (nSPS) is 44.9. The molecule has 148 valence electrons. The van der Waals surface area contributed by atoms with Crippen LogP contribution < -0.4 is 9.47 Å². The summed E-state index contributed by atoms with van der Waals surface area (Å²) in [4.78, 5) is 13.5. The topological polar surface area (TPSA) is 38.8 Å². The van der Waals surface area contributed by atoms with Crippen LogP contribution in [0.4, 0.5) is 0 Å². The number of ketones is 1. The zero-order valence-electron chi connectivity index (χ0n) is 34.4. The number of hydrogen-bond donors (Lipinski definition) is 0. The molecule has 4 rings (SSSR count). The van der Waals surface area contributed by atoms with Crippen LogP contribution in [0.5, 0.6) is 11.5 Å². The molecule has 1 atom stereocenters. The van der Waals surface area contributed by atoms with Crippen LogP contribution in [-0.4, -0.2) is 37.8 Å². The Bertz CT molecular complexity index is 1570. The number of ether oxygens (including phenoxy) is 2. The van der Waals surface area contributed by atoms with Gasteiger partial charge in [-0.1, -0.05) is 30.3 Å². The van der Waals surface area contributed by atoms with E-state index in [1.54, 1.807) is 0 Å². The van der Waals surface area contributed by atoms with Crippen LogP contribution in [-0.2, 0) is 12.9 Å². The molecule has 1 unspecified atom stereocenters.